The summed E-state index contributed by atoms with van der Waals surface area (Å²) in [5, 5.41) is 51.4. The van der Waals surface area contributed by atoms with Crippen molar-refractivity contribution in [3.63, 3.8) is 0 Å². The Hall–Kier alpha value is -5.31. The van der Waals surface area contributed by atoms with Crippen LogP contribution in [-0.4, -0.2) is 48.7 Å². The van der Waals surface area contributed by atoms with Crippen molar-refractivity contribution in [1.82, 2.24) is 0 Å². The molecule has 0 unspecified atom stereocenters. The summed E-state index contributed by atoms with van der Waals surface area (Å²) in [6.07, 6.45) is -0.790. The molecule has 196 valence electrons. The predicted molar refractivity (Wildman–Crippen MR) is 139 cm³/mol. The van der Waals surface area contributed by atoms with E-state index in [2.05, 4.69) is 0 Å². The van der Waals surface area contributed by atoms with E-state index in [1.165, 1.54) is 12.1 Å². The number of carboxylic acids is 2. The SMILES string of the molecule is O=C(O)O.O=C(O)c1cccc(Cc2ccccc2)c1O.O=C(O)c1cccc(Cc2ccccc2)c1O. The Balaban J connectivity index is 0.000000234. The van der Waals surface area contributed by atoms with Gasteiger partial charge in [-0.1, -0.05) is 84.9 Å². The second-order valence-electron chi connectivity index (χ2n) is 7.84. The number of hydrogen-bond donors (Lipinski definition) is 6. The molecule has 0 radical (unpaired) electrons. The number of para-hydroxylation sites is 2. The van der Waals surface area contributed by atoms with Crippen LogP contribution in [0.2, 0.25) is 0 Å². The minimum absolute atomic E-state index is 0.0570. The minimum Gasteiger partial charge on any atom is -0.507 e. The summed E-state index contributed by atoms with van der Waals surface area (Å²) in [6, 6.07) is 28.8. The quantitative estimate of drug-likeness (QED) is 0.190. The van der Waals surface area contributed by atoms with Crippen LogP contribution in [0.4, 0.5) is 4.79 Å². The number of benzene rings is 4. The van der Waals surface area contributed by atoms with E-state index < -0.39 is 18.1 Å². The first-order valence-corrected chi connectivity index (χ1v) is 11.2. The molecule has 0 spiro atoms. The van der Waals surface area contributed by atoms with Crippen LogP contribution in [0.5, 0.6) is 11.5 Å². The monoisotopic (exact) mass is 518 g/mol. The second kappa shape index (κ2) is 14.3. The van der Waals surface area contributed by atoms with Crippen molar-refractivity contribution in [2.45, 2.75) is 12.8 Å². The molecule has 0 amide bonds. The molecule has 9 nitrogen and oxygen atoms in total. The number of aromatic carboxylic acids is 2. The number of phenols is 2. The summed E-state index contributed by atoms with van der Waals surface area (Å²) >= 11 is 0. The van der Waals surface area contributed by atoms with Crippen LogP contribution < -0.4 is 0 Å². The van der Waals surface area contributed by atoms with E-state index in [1.54, 1.807) is 24.3 Å². The van der Waals surface area contributed by atoms with Gasteiger partial charge in [0.25, 0.3) is 0 Å². The predicted octanol–water partition coefficient (Wildman–Crippen LogP) is 5.58. The normalized spacial score (nSPS) is 9.68. The summed E-state index contributed by atoms with van der Waals surface area (Å²) < 4.78 is 0. The van der Waals surface area contributed by atoms with E-state index in [-0.39, 0.29) is 22.6 Å². The zero-order chi connectivity index (χ0) is 28.1. The lowest BCUT2D eigenvalue weighted by Gasteiger charge is -2.07. The van der Waals surface area contributed by atoms with Crippen LogP contribution >= 0.6 is 0 Å². The first-order chi connectivity index (χ1) is 18.1. The zero-order valence-electron chi connectivity index (χ0n) is 20.1. The van der Waals surface area contributed by atoms with Crippen molar-refractivity contribution in [1.29, 1.82) is 0 Å². The van der Waals surface area contributed by atoms with Crippen LogP contribution in [0, 0.1) is 0 Å². The van der Waals surface area contributed by atoms with Gasteiger partial charge in [-0.3, -0.25) is 0 Å². The molecule has 4 aromatic carbocycles. The molecule has 38 heavy (non-hydrogen) atoms. The molecule has 0 atom stereocenters. The van der Waals surface area contributed by atoms with Crippen LogP contribution in [-0.2, 0) is 12.8 Å². The van der Waals surface area contributed by atoms with Gasteiger partial charge >= 0.3 is 18.1 Å². The van der Waals surface area contributed by atoms with Gasteiger partial charge in [0.2, 0.25) is 0 Å². The highest BCUT2D eigenvalue weighted by Gasteiger charge is 2.13. The van der Waals surface area contributed by atoms with E-state index in [9.17, 15) is 19.8 Å². The Morgan fingerprint density at radius 3 is 1.08 bits per heavy atom. The molecule has 6 N–H and O–H groups in total. The first-order valence-electron chi connectivity index (χ1n) is 11.2. The molecule has 0 aromatic heterocycles. The van der Waals surface area contributed by atoms with E-state index in [4.69, 9.17) is 25.2 Å². The number of carbonyl (C=O) groups is 3. The van der Waals surface area contributed by atoms with Crippen LogP contribution in [0.25, 0.3) is 0 Å². The molecule has 0 heterocycles. The Bertz CT molecular complexity index is 1260. The second-order valence-corrected chi connectivity index (χ2v) is 7.84. The molecule has 0 bridgehead atoms. The van der Waals surface area contributed by atoms with Gasteiger partial charge in [-0.15, -0.1) is 0 Å². The maximum absolute atomic E-state index is 10.9. The van der Waals surface area contributed by atoms with Crippen molar-refractivity contribution in [2.24, 2.45) is 0 Å². The van der Waals surface area contributed by atoms with Gasteiger partial charge < -0.3 is 30.6 Å². The molecular formula is C29H26O9. The van der Waals surface area contributed by atoms with Gasteiger partial charge in [-0.25, -0.2) is 14.4 Å². The summed E-state index contributed by atoms with van der Waals surface area (Å²) in [4.78, 5) is 30.3. The maximum atomic E-state index is 10.9. The lowest BCUT2D eigenvalue weighted by atomic mass is 10.0. The van der Waals surface area contributed by atoms with Gasteiger partial charge in [-0.05, 0) is 34.4 Å². The number of hydrogen-bond acceptors (Lipinski definition) is 5. The van der Waals surface area contributed by atoms with Gasteiger partial charge in [0.15, 0.2) is 0 Å². The highest BCUT2D eigenvalue weighted by molar-refractivity contribution is 5.91. The highest BCUT2D eigenvalue weighted by Crippen LogP contribution is 2.26. The average Bonchev–Trinajstić information content (AvgIpc) is 2.87. The van der Waals surface area contributed by atoms with Crippen molar-refractivity contribution in [3.05, 3.63) is 130 Å². The maximum Gasteiger partial charge on any atom is 0.503 e. The summed E-state index contributed by atoms with van der Waals surface area (Å²) in [5.74, 6) is -2.53. The molecular weight excluding hydrogens is 492 g/mol. The topological polar surface area (TPSA) is 173 Å². The van der Waals surface area contributed by atoms with Gasteiger partial charge in [0, 0.05) is 12.8 Å². The minimum atomic E-state index is -1.83. The van der Waals surface area contributed by atoms with Crippen molar-refractivity contribution in [3.8, 4) is 11.5 Å². The summed E-state index contributed by atoms with van der Waals surface area (Å²) in [6.45, 7) is 0. The number of aromatic hydroxyl groups is 2. The third-order valence-electron chi connectivity index (χ3n) is 5.17. The molecule has 0 aliphatic rings. The van der Waals surface area contributed by atoms with E-state index in [0.29, 0.717) is 24.0 Å². The van der Waals surface area contributed by atoms with E-state index in [1.807, 2.05) is 60.7 Å². The molecule has 4 rings (SSSR count). The van der Waals surface area contributed by atoms with Gasteiger partial charge in [0.05, 0.1) is 0 Å². The van der Waals surface area contributed by atoms with Crippen LogP contribution in [0.15, 0.2) is 97.1 Å². The highest BCUT2D eigenvalue weighted by atomic mass is 16.6. The number of rotatable bonds is 6. The molecule has 0 fully saturated rings. The molecule has 0 saturated carbocycles. The van der Waals surface area contributed by atoms with E-state index >= 15 is 0 Å². The molecule has 0 aliphatic heterocycles. The zero-order valence-corrected chi connectivity index (χ0v) is 20.1. The van der Waals surface area contributed by atoms with Crippen molar-refractivity contribution in [2.75, 3.05) is 0 Å². The average molecular weight is 519 g/mol. The fraction of sp³-hybridized carbons (Fsp3) is 0.0690. The van der Waals surface area contributed by atoms with Crippen molar-refractivity contribution < 1.29 is 45.0 Å². The molecule has 0 saturated heterocycles. The molecule has 9 heteroatoms. The lowest BCUT2D eigenvalue weighted by Crippen LogP contribution is -1.99. The first kappa shape index (κ1) is 28.9. The van der Waals surface area contributed by atoms with Gasteiger partial charge in [0.1, 0.15) is 22.6 Å². The Morgan fingerprint density at radius 1 is 0.474 bits per heavy atom. The third kappa shape index (κ3) is 9.04. The Labute approximate surface area is 218 Å². The fourth-order valence-corrected chi connectivity index (χ4v) is 3.44. The molecule has 4 aromatic rings. The largest absolute Gasteiger partial charge is 0.507 e. The van der Waals surface area contributed by atoms with Crippen molar-refractivity contribution >= 4 is 18.1 Å². The molecule has 0 aliphatic carbocycles. The standard InChI is InChI=1S/2C14H12O3.CH2O3/c2*15-13-11(7-4-8-12(13)14(16)17)9-10-5-2-1-3-6-10;2-1(3)4/h2*1-8,15H,9H2,(H,16,17);(H2,2,3,4). The smallest absolute Gasteiger partial charge is 0.503 e. The Morgan fingerprint density at radius 2 is 0.789 bits per heavy atom. The third-order valence-corrected chi connectivity index (χ3v) is 5.17. The lowest BCUT2D eigenvalue weighted by molar-refractivity contribution is 0.0682. The summed E-state index contributed by atoms with van der Waals surface area (Å²) in [5.41, 5.74) is 3.19. The van der Waals surface area contributed by atoms with Gasteiger partial charge in [-0.2, -0.15) is 0 Å². The van der Waals surface area contributed by atoms with E-state index in [0.717, 1.165) is 11.1 Å². The fourth-order valence-electron chi connectivity index (χ4n) is 3.44. The van der Waals surface area contributed by atoms with Crippen LogP contribution in [0.1, 0.15) is 43.0 Å². The van der Waals surface area contributed by atoms with Crippen LogP contribution in [0.3, 0.4) is 0 Å². The Kier molecular flexibility index (Phi) is 10.9. The summed E-state index contributed by atoms with van der Waals surface area (Å²) in [7, 11) is 0. The number of carboxylic acid groups (broad SMARTS) is 4.